The van der Waals surface area contributed by atoms with Crippen LogP contribution in [0.15, 0.2) is 28.7 Å². The van der Waals surface area contributed by atoms with E-state index >= 15 is 0 Å². The topological polar surface area (TPSA) is 12.0 Å². The maximum absolute atomic E-state index is 3.49. The average Bonchev–Trinajstić information content (AvgIpc) is 2.56. The van der Waals surface area contributed by atoms with E-state index in [1.165, 1.54) is 29.4 Å². The monoisotopic (exact) mass is 253 g/mol. The van der Waals surface area contributed by atoms with Crippen molar-refractivity contribution >= 4 is 15.9 Å². The molecule has 2 rings (SSSR count). The van der Waals surface area contributed by atoms with E-state index in [9.17, 15) is 0 Å². The van der Waals surface area contributed by atoms with Crippen molar-refractivity contribution in [1.29, 1.82) is 0 Å². The number of hydrogen-bond acceptors (Lipinski definition) is 1. The zero-order valence-corrected chi connectivity index (χ0v) is 10.0. The van der Waals surface area contributed by atoms with Crippen LogP contribution in [0.1, 0.15) is 18.9 Å². The van der Waals surface area contributed by atoms with E-state index in [0.717, 1.165) is 5.92 Å². The van der Waals surface area contributed by atoms with Gasteiger partial charge in [0, 0.05) is 10.5 Å². The van der Waals surface area contributed by atoms with Gasteiger partial charge in [-0.05, 0) is 49.9 Å². The quantitative estimate of drug-likeness (QED) is 0.855. The summed E-state index contributed by atoms with van der Waals surface area (Å²) in [6, 6.07) is 9.39. The molecule has 2 atom stereocenters. The SMILES string of the molecule is CC1CC(Cc2ccc(Br)cc2)CN1. The van der Waals surface area contributed by atoms with Crippen molar-refractivity contribution in [3.05, 3.63) is 34.3 Å². The molecule has 2 unspecified atom stereocenters. The van der Waals surface area contributed by atoms with Crippen LogP contribution in [0.2, 0.25) is 0 Å². The second-order valence-electron chi connectivity index (χ2n) is 4.24. The van der Waals surface area contributed by atoms with Crippen molar-refractivity contribution < 1.29 is 0 Å². The molecule has 76 valence electrons. The lowest BCUT2D eigenvalue weighted by Crippen LogP contribution is -2.17. The maximum atomic E-state index is 3.49. The van der Waals surface area contributed by atoms with Gasteiger partial charge in [-0.3, -0.25) is 0 Å². The molecule has 14 heavy (non-hydrogen) atoms. The second kappa shape index (κ2) is 4.45. The van der Waals surface area contributed by atoms with Crippen molar-refractivity contribution in [2.45, 2.75) is 25.8 Å². The Balaban J connectivity index is 1.94. The van der Waals surface area contributed by atoms with E-state index < -0.39 is 0 Å². The van der Waals surface area contributed by atoms with Crippen LogP contribution >= 0.6 is 15.9 Å². The summed E-state index contributed by atoms with van der Waals surface area (Å²) in [6.45, 7) is 3.44. The molecule has 2 heteroatoms. The van der Waals surface area contributed by atoms with Crippen LogP contribution in [0.25, 0.3) is 0 Å². The highest BCUT2D eigenvalue weighted by molar-refractivity contribution is 9.10. The molecule has 1 saturated heterocycles. The van der Waals surface area contributed by atoms with Crippen molar-refractivity contribution in [3.63, 3.8) is 0 Å². The van der Waals surface area contributed by atoms with Crippen molar-refractivity contribution in [2.75, 3.05) is 6.54 Å². The number of rotatable bonds is 2. The van der Waals surface area contributed by atoms with Crippen LogP contribution in [-0.2, 0) is 6.42 Å². The Morgan fingerprint density at radius 2 is 2.07 bits per heavy atom. The fraction of sp³-hybridized carbons (Fsp3) is 0.500. The number of halogens is 1. The zero-order chi connectivity index (χ0) is 9.97. The van der Waals surface area contributed by atoms with Crippen LogP contribution in [0, 0.1) is 5.92 Å². The van der Waals surface area contributed by atoms with Crippen LogP contribution in [0.5, 0.6) is 0 Å². The summed E-state index contributed by atoms with van der Waals surface area (Å²) < 4.78 is 1.17. The molecule has 0 amide bonds. The lowest BCUT2D eigenvalue weighted by Gasteiger charge is -2.08. The van der Waals surface area contributed by atoms with E-state index in [1.54, 1.807) is 0 Å². The van der Waals surface area contributed by atoms with Crippen molar-refractivity contribution in [2.24, 2.45) is 5.92 Å². The predicted molar refractivity (Wildman–Crippen MR) is 63.4 cm³/mol. The Morgan fingerprint density at radius 3 is 2.64 bits per heavy atom. The standard InChI is InChI=1S/C12H16BrN/c1-9-6-11(8-14-9)7-10-2-4-12(13)5-3-10/h2-5,9,11,14H,6-8H2,1H3. The van der Waals surface area contributed by atoms with Gasteiger partial charge in [0.2, 0.25) is 0 Å². The van der Waals surface area contributed by atoms with Gasteiger partial charge < -0.3 is 5.32 Å². The molecule has 0 aliphatic carbocycles. The number of nitrogens with one attached hydrogen (secondary N) is 1. The largest absolute Gasteiger partial charge is 0.314 e. The molecule has 1 nitrogen and oxygen atoms in total. The smallest absolute Gasteiger partial charge is 0.0175 e. The van der Waals surface area contributed by atoms with E-state index in [1.807, 2.05) is 0 Å². The first-order valence-electron chi connectivity index (χ1n) is 5.22. The normalized spacial score (nSPS) is 26.7. The number of hydrogen-bond donors (Lipinski definition) is 1. The van der Waals surface area contributed by atoms with Gasteiger partial charge >= 0.3 is 0 Å². The molecule has 1 aliphatic heterocycles. The Hall–Kier alpha value is -0.340. The van der Waals surface area contributed by atoms with Gasteiger partial charge in [0.05, 0.1) is 0 Å². The fourth-order valence-electron chi connectivity index (χ4n) is 2.14. The van der Waals surface area contributed by atoms with Gasteiger partial charge in [-0.1, -0.05) is 28.1 Å². The number of benzene rings is 1. The fourth-order valence-corrected chi connectivity index (χ4v) is 2.41. The molecular formula is C12H16BrN. The molecule has 0 spiro atoms. The molecule has 0 aromatic heterocycles. The van der Waals surface area contributed by atoms with Gasteiger partial charge in [-0.25, -0.2) is 0 Å². The Kier molecular flexibility index (Phi) is 3.24. The Labute approximate surface area is 94.0 Å². The van der Waals surface area contributed by atoms with Gasteiger partial charge in [0.15, 0.2) is 0 Å². The third-order valence-electron chi connectivity index (χ3n) is 2.88. The zero-order valence-electron chi connectivity index (χ0n) is 8.46. The minimum Gasteiger partial charge on any atom is -0.314 e. The van der Waals surface area contributed by atoms with Gasteiger partial charge in [0.25, 0.3) is 0 Å². The minimum atomic E-state index is 0.704. The second-order valence-corrected chi connectivity index (χ2v) is 5.16. The molecule has 1 aromatic rings. The van der Waals surface area contributed by atoms with E-state index in [0.29, 0.717) is 6.04 Å². The van der Waals surface area contributed by atoms with Crippen LogP contribution < -0.4 is 5.32 Å². The van der Waals surface area contributed by atoms with Crippen LogP contribution in [-0.4, -0.2) is 12.6 Å². The van der Waals surface area contributed by atoms with Crippen LogP contribution in [0.4, 0.5) is 0 Å². The molecule has 1 aliphatic rings. The Morgan fingerprint density at radius 1 is 1.36 bits per heavy atom. The van der Waals surface area contributed by atoms with Crippen molar-refractivity contribution in [1.82, 2.24) is 5.32 Å². The highest BCUT2D eigenvalue weighted by Crippen LogP contribution is 2.20. The lowest BCUT2D eigenvalue weighted by molar-refractivity contribution is 0.565. The summed E-state index contributed by atoms with van der Waals surface area (Å²) in [6.07, 6.45) is 2.53. The van der Waals surface area contributed by atoms with Gasteiger partial charge in [-0.2, -0.15) is 0 Å². The minimum absolute atomic E-state index is 0.704. The first-order chi connectivity index (χ1) is 6.74. The molecule has 0 saturated carbocycles. The summed E-state index contributed by atoms with van der Waals surface area (Å²) in [7, 11) is 0. The maximum Gasteiger partial charge on any atom is 0.0175 e. The molecule has 1 N–H and O–H groups in total. The third kappa shape index (κ3) is 2.58. The molecule has 0 bridgehead atoms. The third-order valence-corrected chi connectivity index (χ3v) is 3.41. The highest BCUT2D eigenvalue weighted by Gasteiger charge is 2.20. The van der Waals surface area contributed by atoms with Crippen molar-refractivity contribution in [3.8, 4) is 0 Å². The van der Waals surface area contributed by atoms with Gasteiger partial charge in [0.1, 0.15) is 0 Å². The Bertz CT molecular complexity index is 294. The molecule has 0 radical (unpaired) electrons. The van der Waals surface area contributed by atoms with E-state index in [2.05, 4.69) is 52.4 Å². The predicted octanol–water partition coefficient (Wildman–Crippen LogP) is 2.99. The van der Waals surface area contributed by atoms with E-state index in [-0.39, 0.29) is 0 Å². The molecule has 1 heterocycles. The summed E-state index contributed by atoms with van der Waals surface area (Å²) >= 11 is 3.46. The summed E-state index contributed by atoms with van der Waals surface area (Å²) in [5, 5.41) is 3.49. The van der Waals surface area contributed by atoms with E-state index in [4.69, 9.17) is 0 Å². The summed E-state index contributed by atoms with van der Waals surface area (Å²) in [4.78, 5) is 0. The first kappa shape index (κ1) is 10.2. The molecule has 1 aromatic carbocycles. The molecule has 1 fully saturated rings. The van der Waals surface area contributed by atoms with Gasteiger partial charge in [-0.15, -0.1) is 0 Å². The first-order valence-corrected chi connectivity index (χ1v) is 6.01. The average molecular weight is 254 g/mol. The van der Waals surface area contributed by atoms with Crippen LogP contribution in [0.3, 0.4) is 0 Å². The summed E-state index contributed by atoms with van der Waals surface area (Å²) in [5.74, 6) is 0.825. The molecular weight excluding hydrogens is 238 g/mol. The highest BCUT2D eigenvalue weighted by atomic mass is 79.9. The summed E-state index contributed by atoms with van der Waals surface area (Å²) in [5.41, 5.74) is 1.45. The lowest BCUT2D eigenvalue weighted by atomic mass is 9.97.